The lowest BCUT2D eigenvalue weighted by molar-refractivity contribution is -0.145. The number of carbonyl (C=O) groups is 3. The standard InChI is InChI=1S/C16H12O6/c17-13-8-11(22-15(20)9-14(18)19)6-7-12(13)16(21)10-4-2-1-3-5-10/h1-8,17H,9H2,(H,18,19). The van der Waals surface area contributed by atoms with Gasteiger partial charge >= 0.3 is 11.9 Å². The number of hydrogen-bond donors (Lipinski definition) is 2. The number of esters is 1. The molecule has 112 valence electrons. The number of ether oxygens (including phenoxy) is 1. The molecule has 0 amide bonds. The van der Waals surface area contributed by atoms with Crippen LogP contribution in [0.5, 0.6) is 11.5 Å². The van der Waals surface area contributed by atoms with Crippen molar-refractivity contribution in [1.29, 1.82) is 0 Å². The fourth-order valence-electron chi connectivity index (χ4n) is 1.80. The van der Waals surface area contributed by atoms with E-state index in [2.05, 4.69) is 0 Å². The zero-order valence-corrected chi connectivity index (χ0v) is 11.4. The SMILES string of the molecule is O=C(O)CC(=O)Oc1ccc(C(=O)c2ccccc2)c(O)c1. The monoisotopic (exact) mass is 300 g/mol. The number of phenolic OH excluding ortho intramolecular Hbond substituents is 1. The third kappa shape index (κ3) is 3.69. The maximum absolute atomic E-state index is 12.2. The summed E-state index contributed by atoms with van der Waals surface area (Å²) < 4.78 is 4.76. The van der Waals surface area contributed by atoms with Gasteiger partial charge in [-0.25, -0.2) is 0 Å². The average molecular weight is 300 g/mol. The second-order valence-corrected chi connectivity index (χ2v) is 4.42. The first kappa shape index (κ1) is 15.2. The molecule has 2 rings (SSSR count). The Bertz CT molecular complexity index is 721. The summed E-state index contributed by atoms with van der Waals surface area (Å²) in [6, 6.07) is 12.1. The molecule has 2 aromatic carbocycles. The molecule has 0 atom stereocenters. The van der Waals surface area contributed by atoms with Crippen molar-refractivity contribution >= 4 is 17.7 Å². The van der Waals surface area contributed by atoms with Crippen molar-refractivity contribution in [2.75, 3.05) is 0 Å². The van der Waals surface area contributed by atoms with Gasteiger partial charge in [0.25, 0.3) is 0 Å². The van der Waals surface area contributed by atoms with E-state index in [-0.39, 0.29) is 22.8 Å². The summed E-state index contributed by atoms with van der Waals surface area (Å²) in [6.45, 7) is 0. The number of benzene rings is 2. The van der Waals surface area contributed by atoms with Gasteiger partial charge in [0, 0.05) is 11.6 Å². The van der Waals surface area contributed by atoms with Gasteiger partial charge in [-0.05, 0) is 12.1 Å². The van der Waals surface area contributed by atoms with Crippen LogP contribution in [0, 0.1) is 0 Å². The zero-order valence-electron chi connectivity index (χ0n) is 11.4. The molecule has 22 heavy (non-hydrogen) atoms. The summed E-state index contributed by atoms with van der Waals surface area (Å²) >= 11 is 0. The average Bonchev–Trinajstić information content (AvgIpc) is 2.46. The number of phenols is 1. The Morgan fingerprint density at radius 3 is 2.27 bits per heavy atom. The molecule has 0 bridgehead atoms. The fraction of sp³-hybridized carbons (Fsp3) is 0.0625. The number of aromatic hydroxyl groups is 1. The number of aliphatic carboxylic acids is 1. The molecule has 0 saturated heterocycles. The second kappa shape index (κ2) is 6.53. The minimum absolute atomic E-state index is 0.0339. The minimum Gasteiger partial charge on any atom is -0.507 e. The third-order valence-corrected chi connectivity index (χ3v) is 2.78. The summed E-state index contributed by atoms with van der Waals surface area (Å²) in [5.74, 6) is -3.04. The first-order chi connectivity index (χ1) is 10.5. The van der Waals surface area contributed by atoms with Crippen molar-refractivity contribution in [1.82, 2.24) is 0 Å². The molecule has 0 unspecified atom stereocenters. The van der Waals surface area contributed by atoms with E-state index in [9.17, 15) is 19.5 Å². The predicted octanol–water partition coefficient (Wildman–Crippen LogP) is 2.00. The highest BCUT2D eigenvalue weighted by Gasteiger charge is 2.16. The van der Waals surface area contributed by atoms with Crippen molar-refractivity contribution in [3.8, 4) is 11.5 Å². The Morgan fingerprint density at radius 1 is 1.00 bits per heavy atom. The summed E-state index contributed by atoms with van der Waals surface area (Å²) in [4.78, 5) is 33.8. The topological polar surface area (TPSA) is 101 Å². The molecule has 0 aliphatic heterocycles. The van der Waals surface area contributed by atoms with Crippen molar-refractivity contribution in [3.63, 3.8) is 0 Å². The molecule has 0 heterocycles. The van der Waals surface area contributed by atoms with E-state index in [1.165, 1.54) is 12.1 Å². The molecule has 6 heteroatoms. The highest BCUT2D eigenvalue weighted by atomic mass is 16.5. The van der Waals surface area contributed by atoms with E-state index in [0.29, 0.717) is 5.56 Å². The number of carboxylic acids is 1. The lowest BCUT2D eigenvalue weighted by atomic mass is 10.0. The third-order valence-electron chi connectivity index (χ3n) is 2.78. The van der Waals surface area contributed by atoms with Crippen LogP contribution < -0.4 is 4.74 Å². The number of ketones is 1. The largest absolute Gasteiger partial charge is 0.507 e. The summed E-state index contributed by atoms with van der Waals surface area (Å²) in [5.41, 5.74) is 0.470. The molecular weight excluding hydrogens is 288 g/mol. The molecule has 0 fully saturated rings. The van der Waals surface area contributed by atoms with Gasteiger partial charge < -0.3 is 14.9 Å². The molecule has 0 aliphatic rings. The van der Waals surface area contributed by atoms with Gasteiger partial charge in [-0.15, -0.1) is 0 Å². The van der Waals surface area contributed by atoms with Gasteiger partial charge in [0.05, 0.1) is 5.56 Å². The number of hydrogen-bond acceptors (Lipinski definition) is 5. The van der Waals surface area contributed by atoms with E-state index in [1.807, 2.05) is 0 Å². The molecule has 0 aliphatic carbocycles. The summed E-state index contributed by atoms with van der Waals surface area (Å²) in [5, 5.41) is 18.4. The molecule has 2 N–H and O–H groups in total. The fourth-order valence-corrected chi connectivity index (χ4v) is 1.80. The lowest BCUT2D eigenvalue weighted by Crippen LogP contribution is -2.13. The smallest absolute Gasteiger partial charge is 0.322 e. The van der Waals surface area contributed by atoms with E-state index in [1.54, 1.807) is 30.3 Å². The highest BCUT2D eigenvalue weighted by Crippen LogP contribution is 2.26. The quantitative estimate of drug-likeness (QED) is 0.379. The Kier molecular flexibility index (Phi) is 4.53. The van der Waals surface area contributed by atoms with Crippen molar-refractivity contribution in [2.45, 2.75) is 6.42 Å². The Labute approximate surface area is 125 Å². The maximum Gasteiger partial charge on any atom is 0.322 e. The van der Waals surface area contributed by atoms with Crippen LogP contribution in [-0.4, -0.2) is 27.9 Å². The Balaban J connectivity index is 2.18. The van der Waals surface area contributed by atoms with E-state index >= 15 is 0 Å². The van der Waals surface area contributed by atoms with Gasteiger partial charge in [0.2, 0.25) is 0 Å². The zero-order chi connectivity index (χ0) is 16.1. The number of rotatable bonds is 5. The van der Waals surface area contributed by atoms with Crippen LogP contribution in [0.1, 0.15) is 22.3 Å². The van der Waals surface area contributed by atoms with Crippen LogP contribution in [0.3, 0.4) is 0 Å². The van der Waals surface area contributed by atoms with Crippen LogP contribution in [0.25, 0.3) is 0 Å². The second-order valence-electron chi connectivity index (χ2n) is 4.42. The molecular formula is C16H12O6. The van der Waals surface area contributed by atoms with Crippen molar-refractivity contribution in [2.24, 2.45) is 0 Å². The van der Waals surface area contributed by atoms with Gasteiger partial charge in [-0.3, -0.25) is 14.4 Å². The molecule has 0 spiro atoms. The molecule has 0 aromatic heterocycles. The van der Waals surface area contributed by atoms with Gasteiger partial charge in [-0.1, -0.05) is 30.3 Å². The van der Waals surface area contributed by atoms with E-state index in [0.717, 1.165) is 6.07 Å². The molecule has 6 nitrogen and oxygen atoms in total. The van der Waals surface area contributed by atoms with Crippen molar-refractivity contribution < 1.29 is 29.3 Å². The van der Waals surface area contributed by atoms with Crippen LogP contribution in [-0.2, 0) is 9.59 Å². The minimum atomic E-state index is -1.31. The first-order valence-electron chi connectivity index (χ1n) is 6.32. The summed E-state index contributed by atoms with van der Waals surface area (Å²) in [6.07, 6.45) is -0.786. The number of carbonyl (C=O) groups excluding carboxylic acids is 2. The van der Waals surface area contributed by atoms with Crippen LogP contribution >= 0.6 is 0 Å². The highest BCUT2D eigenvalue weighted by molar-refractivity contribution is 6.10. The lowest BCUT2D eigenvalue weighted by Gasteiger charge is -2.07. The predicted molar refractivity (Wildman–Crippen MR) is 75.9 cm³/mol. The maximum atomic E-state index is 12.2. The Hall–Kier alpha value is -3.15. The molecule has 0 radical (unpaired) electrons. The Morgan fingerprint density at radius 2 is 1.68 bits per heavy atom. The molecule has 2 aromatic rings. The van der Waals surface area contributed by atoms with E-state index in [4.69, 9.17) is 9.84 Å². The first-order valence-corrected chi connectivity index (χ1v) is 6.32. The van der Waals surface area contributed by atoms with Crippen LogP contribution in [0.2, 0.25) is 0 Å². The van der Waals surface area contributed by atoms with E-state index < -0.39 is 18.4 Å². The number of carboxylic acid groups (broad SMARTS) is 1. The van der Waals surface area contributed by atoms with Gasteiger partial charge in [0.1, 0.15) is 17.9 Å². The summed E-state index contributed by atoms with van der Waals surface area (Å²) in [7, 11) is 0. The van der Waals surface area contributed by atoms with Gasteiger partial charge in [-0.2, -0.15) is 0 Å². The van der Waals surface area contributed by atoms with Gasteiger partial charge in [0.15, 0.2) is 5.78 Å². The van der Waals surface area contributed by atoms with Crippen molar-refractivity contribution in [3.05, 3.63) is 59.7 Å². The molecule has 0 saturated carbocycles. The normalized spacial score (nSPS) is 10.0. The van der Waals surface area contributed by atoms with Crippen LogP contribution in [0.4, 0.5) is 0 Å². The van der Waals surface area contributed by atoms with Crippen LogP contribution in [0.15, 0.2) is 48.5 Å².